The number of rotatable bonds is 6. The number of hydrogen-bond acceptors (Lipinski definition) is 5. The summed E-state index contributed by atoms with van der Waals surface area (Å²) in [6, 6.07) is 0.910. The molecule has 1 rings (SSSR count). The molecule has 0 N–H and O–H groups in total. The van der Waals surface area contributed by atoms with Crippen LogP contribution in [0.3, 0.4) is 0 Å². The van der Waals surface area contributed by atoms with Gasteiger partial charge in [0.2, 0.25) is 0 Å². The van der Waals surface area contributed by atoms with Gasteiger partial charge in [0.1, 0.15) is 28.1 Å². The van der Waals surface area contributed by atoms with Gasteiger partial charge in [0.05, 0.1) is 0 Å². The molecule has 0 aliphatic carbocycles. The van der Waals surface area contributed by atoms with Crippen LogP contribution < -0.4 is 0 Å². The molecule has 1 aliphatic rings. The lowest BCUT2D eigenvalue weighted by Crippen LogP contribution is -2.22. The Morgan fingerprint density at radius 1 is 1.57 bits per heavy atom. The van der Waals surface area contributed by atoms with E-state index >= 15 is 0 Å². The summed E-state index contributed by atoms with van der Waals surface area (Å²) in [7, 11) is 3.77. The fourth-order valence-corrected chi connectivity index (χ4v) is 2.19. The van der Waals surface area contributed by atoms with Crippen molar-refractivity contribution < 1.29 is 23.7 Å². The van der Waals surface area contributed by atoms with Crippen LogP contribution in [0.5, 0.6) is 0 Å². The zero-order valence-corrected chi connectivity index (χ0v) is 9.32. The van der Waals surface area contributed by atoms with Gasteiger partial charge >= 0.3 is 6.16 Å². The Morgan fingerprint density at radius 2 is 2.29 bits per heavy atom. The molecule has 0 aromatic heterocycles. The van der Waals surface area contributed by atoms with Gasteiger partial charge in [-0.15, -0.1) is 0 Å². The van der Waals surface area contributed by atoms with Crippen molar-refractivity contribution in [2.75, 3.05) is 20.8 Å². The molecule has 1 atom stereocenters. The third-order valence-corrected chi connectivity index (χ3v) is 3.24. The van der Waals surface area contributed by atoms with E-state index in [1.54, 1.807) is 14.2 Å². The molecule has 0 spiro atoms. The predicted octanol–water partition coefficient (Wildman–Crippen LogP) is 0.611. The summed E-state index contributed by atoms with van der Waals surface area (Å²) in [6.45, 7) is 0.369. The highest BCUT2D eigenvalue weighted by Crippen LogP contribution is 2.12. The molecule has 5 nitrogen and oxygen atoms in total. The van der Waals surface area contributed by atoms with E-state index in [1.165, 1.54) is 0 Å². The van der Waals surface area contributed by atoms with Crippen molar-refractivity contribution >= 4 is 15.7 Å². The molecular weight excluding hydrogens is 204 g/mol. The fraction of sp³-hybridized carbons (Fsp3) is 0.875. The van der Waals surface area contributed by atoms with Gasteiger partial charge < -0.3 is 18.9 Å². The Bertz CT molecular complexity index is 183. The third kappa shape index (κ3) is 3.65. The number of hydrogen-bond donors (Lipinski definition) is 0. The van der Waals surface area contributed by atoms with Crippen LogP contribution in [-0.2, 0) is 18.9 Å². The van der Waals surface area contributed by atoms with Gasteiger partial charge in [0.15, 0.2) is 0 Å². The average molecular weight is 218 g/mol. The van der Waals surface area contributed by atoms with Crippen molar-refractivity contribution in [3.63, 3.8) is 0 Å². The largest absolute Gasteiger partial charge is 0.508 e. The first kappa shape index (κ1) is 11.5. The summed E-state index contributed by atoms with van der Waals surface area (Å²) in [5.74, 6) is -0.145. The van der Waals surface area contributed by atoms with Crippen LogP contribution in [0.4, 0.5) is 4.79 Å². The molecule has 0 aromatic rings. The second kappa shape index (κ2) is 6.00. The first-order chi connectivity index (χ1) is 6.76. The van der Waals surface area contributed by atoms with Crippen molar-refractivity contribution in [3.8, 4) is 0 Å². The second-order valence-electron chi connectivity index (χ2n) is 2.85. The minimum absolute atomic E-state index is 0.0932. The van der Waals surface area contributed by atoms with Crippen LogP contribution >= 0.6 is 0 Å². The number of carbonyl (C=O) groups is 1. The molecule has 1 aliphatic heterocycles. The second-order valence-corrected chi connectivity index (χ2v) is 4.23. The van der Waals surface area contributed by atoms with Crippen LogP contribution in [0.1, 0.15) is 6.42 Å². The summed E-state index contributed by atoms with van der Waals surface area (Å²) in [5, 5.41) is 0. The van der Waals surface area contributed by atoms with Crippen molar-refractivity contribution in [2.24, 2.45) is 0 Å². The van der Waals surface area contributed by atoms with Crippen molar-refractivity contribution in [3.05, 3.63) is 0 Å². The summed E-state index contributed by atoms with van der Waals surface area (Å²) in [6.07, 6.45) is 0.144. The first-order valence-corrected chi connectivity index (χ1v) is 5.67. The zero-order valence-electron chi connectivity index (χ0n) is 8.32. The Hall–Kier alpha value is -0.593. The van der Waals surface area contributed by atoms with Gasteiger partial charge in [-0.2, -0.15) is 0 Å². The van der Waals surface area contributed by atoms with Crippen LogP contribution in [0.2, 0.25) is 6.04 Å². The topological polar surface area (TPSA) is 54.0 Å². The number of ether oxygens (including phenoxy) is 4. The van der Waals surface area contributed by atoms with Crippen LogP contribution in [0.15, 0.2) is 0 Å². The molecule has 0 amide bonds. The Balaban J connectivity index is 2.06. The molecule has 0 saturated carbocycles. The van der Waals surface area contributed by atoms with E-state index in [-0.39, 0.29) is 12.0 Å². The van der Waals surface area contributed by atoms with Crippen molar-refractivity contribution in [1.29, 1.82) is 0 Å². The Morgan fingerprint density at radius 3 is 2.79 bits per heavy atom. The zero-order chi connectivity index (χ0) is 10.4. The smallest absolute Gasteiger partial charge is 0.430 e. The van der Waals surface area contributed by atoms with E-state index in [4.69, 9.17) is 14.2 Å². The molecule has 80 valence electrons. The van der Waals surface area contributed by atoms with Crippen LogP contribution in [0.25, 0.3) is 0 Å². The van der Waals surface area contributed by atoms with Gasteiger partial charge in [-0.3, -0.25) is 0 Å². The fourth-order valence-electron chi connectivity index (χ4n) is 1.13. The van der Waals surface area contributed by atoms with E-state index in [1.807, 2.05) is 0 Å². The maximum atomic E-state index is 10.6. The minimum atomic E-state index is -0.562. The minimum Gasteiger partial charge on any atom is -0.430 e. The van der Waals surface area contributed by atoms with Gasteiger partial charge in [-0.25, -0.2) is 4.79 Å². The molecular formula is C8H14O5Si. The molecule has 1 heterocycles. The molecule has 0 bridgehead atoms. The number of cyclic esters (lactones) is 2. The van der Waals surface area contributed by atoms with E-state index in [0.717, 1.165) is 12.5 Å². The summed E-state index contributed by atoms with van der Waals surface area (Å²) in [4.78, 5) is 10.6. The van der Waals surface area contributed by atoms with E-state index in [2.05, 4.69) is 4.74 Å². The van der Waals surface area contributed by atoms with E-state index in [9.17, 15) is 4.79 Å². The standard InChI is InChI=1S/C8H14O5Si/c1-10-8(11-2)14-4-3-6-5-12-7(9)13-6/h6,8H,3-5H2,1-2H3. The normalized spacial score (nSPS) is 21.1. The highest BCUT2D eigenvalue weighted by Gasteiger charge is 2.24. The monoisotopic (exact) mass is 218 g/mol. The average Bonchev–Trinajstić information content (AvgIpc) is 2.59. The maximum absolute atomic E-state index is 10.6. The lowest BCUT2D eigenvalue weighted by molar-refractivity contribution is -0.0442. The Kier molecular flexibility index (Phi) is 4.92. The molecule has 1 unspecified atom stereocenters. The number of carbonyl (C=O) groups excluding carboxylic acids is 1. The van der Waals surface area contributed by atoms with Crippen molar-refractivity contribution in [2.45, 2.75) is 24.5 Å². The lowest BCUT2D eigenvalue weighted by atomic mass is 10.3. The molecule has 1 fully saturated rings. The molecule has 14 heavy (non-hydrogen) atoms. The predicted molar refractivity (Wildman–Crippen MR) is 49.2 cm³/mol. The molecule has 6 heteroatoms. The van der Waals surface area contributed by atoms with E-state index in [0.29, 0.717) is 16.1 Å². The van der Waals surface area contributed by atoms with Crippen LogP contribution in [-0.4, -0.2) is 48.5 Å². The SMILES string of the molecule is COC(OC)[Si]CCC1COC(=O)O1. The third-order valence-electron chi connectivity index (χ3n) is 1.86. The van der Waals surface area contributed by atoms with E-state index < -0.39 is 6.16 Å². The number of methoxy groups -OCH3 is 2. The highest BCUT2D eigenvalue weighted by atomic mass is 28.2. The van der Waals surface area contributed by atoms with Gasteiger partial charge in [0, 0.05) is 14.2 Å². The van der Waals surface area contributed by atoms with Gasteiger partial charge in [0.25, 0.3) is 0 Å². The quantitative estimate of drug-likeness (QED) is 0.371. The van der Waals surface area contributed by atoms with Gasteiger partial charge in [-0.1, -0.05) is 6.04 Å². The summed E-state index contributed by atoms with van der Waals surface area (Å²) in [5.41, 5.74) is 0. The first-order valence-electron chi connectivity index (χ1n) is 4.38. The lowest BCUT2D eigenvalue weighted by Gasteiger charge is -2.12. The Labute approximate surface area is 85.5 Å². The van der Waals surface area contributed by atoms with Crippen molar-refractivity contribution in [1.82, 2.24) is 0 Å². The van der Waals surface area contributed by atoms with Gasteiger partial charge in [-0.05, 0) is 6.42 Å². The summed E-state index contributed by atoms with van der Waals surface area (Å²) < 4.78 is 19.6. The molecule has 2 radical (unpaired) electrons. The molecule has 1 saturated heterocycles. The summed E-state index contributed by atoms with van der Waals surface area (Å²) >= 11 is 0. The van der Waals surface area contributed by atoms with Crippen LogP contribution in [0, 0.1) is 0 Å². The maximum Gasteiger partial charge on any atom is 0.508 e. The molecule has 0 aromatic carbocycles. The highest BCUT2D eigenvalue weighted by molar-refractivity contribution is 6.36.